The van der Waals surface area contributed by atoms with Crippen molar-refractivity contribution in [1.29, 1.82) is 0 Å². The van der Waals surface area contributed by atoms with Crippen LogP contribution in [0.3, 0.4) is 0 Å². The minimum Gasteiger partial charge on any atom is -0.497 e. The first-order chi connectivity index (χ1) is 13.5. The topological polar surface area (TPSA) is 100 Å². The van der Waals surface area contributed by atoms with E-state index in [0.717, 1.165) is 0 Å². The second kappa shape index (κ2) is 10.1. The van der Waals surface area contributed by atoms with Crippen LogP contribution in [-0.2, 0) is 23.8 Å². The Hall–Kier alpha value is -2.84. The van der Waals surface area contributed by atoms with Gasteiger partial charge in [-0.25, -0.2) is 18.8 Å². The molecule has 29 heavy (non-hydrogen) atoms. The molecule has 0 aliphatic heterocycles. The first-order valence-electron chi connectivity index (χ1n) is 9.16. The molecule has 1 aromatic rings. The molecule has 0 spiro atoms. The lowest BCUT2D eigenvalue weighted by Gasteiger charge is -2.31. The normalized spacial score (nSPS) is 12.5. The fourth-order valence-corrected chi connectivity index (χ4v) is 2.43. The molecule has 1 aromatic carbocycles. The van der Waals surface area contributed by atoms with Crippen molar-refractivity contribution in [2.75, 3.05) is 20.3 Å². The summed E-state index contributed by atoms with van der Waals surface area (Å²) in [4.78, 5) is 37.3. The van der Waals surface area contributed by atoms with Gasteiger partial charge in [-0.3, -0.25) is 0 Å². The van der Waals surface area contributed by atoms with Gasteiger partial charge in [0.25, 0.3) is 0 Å². The Labute approximate surface area is 169 Å². The van der Waals surface area contributed by atoms with Gasteiger partial charge in [-0.2, -0.15) is 0 Å². The number of carbonyl (C=O) groups is 3. The van der Waals surface area contributed by atoms with Gasteiger partial charge in [-0.05, 0) is 52.3 Å². The zero-order valence-electron chi connectivity index (χ0n) is 17.5. The largest absolute Gasteiger partial charge is 0.497 e. The smallest absolute Gasteiger partial charge is 0.408 e. The van der Waals surface area contributed by atoms with Crippen molar-refractivity contribution in [3.8, 4) is 5.75 Å². The monoisotopic (exact) mass is 413 g/mol. The van der Waals surface area contributed by atoms with E-state index in [1.165, 1.54) is 45.2 Å². The number of nitrogens with one attached hydrogen (secondary N) is 1. The van der Waals surface area contributed by atoms with Gasteiger partial charge in [0.2, 0.25) is 0 Å². The molecule has 162 valence electrons. The number of hydrogen-bond donors (Lipinski definition) is 1. The van der Waals surface area contributed by atoms with Crippen molar-refractivity contribution in [3.05, 3.63) is 29.8 Å². The predicted octanol–water partition coefficient (Wildman–Crippen LogP) is 3.10. The maximum atomic E-state index is 16.0. The molecular formula is C20H28FNO7. The van der Waals surface area contributed by atoms with Gasteiger partial charge in [-0.1, -0.05) is 12.1 Å². The number of benzene rings is 1. The highest BCUT2D eigenvalue weighted by Gasteiger charge is 2.58. The quantitative estimate of drug-likeness (QED) is 0.397. The molecule has 0 aliphatic rings. The van der Waals surface area contributed by atoms with E-state index in [9.17, 15) is 14.4 Å². The highest BCUT2D eigenvalue weighted by atomic mass is 19.1. The molecule has 0 bridgehead atoms. The fourth-order valence-electron chi connectivity index (χ4n) is 2.43. The highest BCUT2D eigenvalue weighted by Crippen LogP contribution is 2.34. The summed E-state index contributed by atoms with van der Waals surface area (Å²) in [6, 6.07) is 4.05. The lowest BCUT2D eigenvalue weighted by atomic mass is 9.89. The molecule has 8 nitrogen and oxygen atoms in total. The SMILES string of the molecule is CCOC(=O)C(F)(C(=O)OCC)[C@H](NC(=O)OC(C)(C)C)c1ccc(OC)cc1. The summed E-state index contributed by atoms with van der Waals surface area (Å²) in [6.07, 6.45) is -1.02. The number of alkyl halides is 1. The van der Waals surface area contributed by atoms with E-state index in [-0.39, 0.29) is 18.8 Å². The predicted molar refractivity (Wildman–Crippen MR) is 102 cm³/mol. The number of alkyl carbamates (subject to hydrolysis) is 1. The van der Waals surface area contributed by atoms with Crippen LogP contribution in [0.2, 0.25) is 0 Å². The Kier molecular flexibility index (Phi) is 8.42. The van der Waals surface area contributed by atoms with E-state index in [4.69, 9.17) is 18.9 Å². The zero-order valence-corrected chi connectivity index (χ0v) is 17.5. The van der Waals surface area contributed by atoms with Crippen LogP contribution >= 0.6 is 0 Å². The molecule has 0 saturated carbocycles. The van der Waals surface area contributed by atoms with Gasteiger partial charge in [0.15, 0.2) is 0 Å². The average Bonchev–Trinajstić information content (AvgIpc) is 2.64. The second-order valence-electron chi connectivity index (χ2n) is 7.01. The van der Waals surface area contributed by atoms with Gasteiger partial charge >= 0.3 is 23.7 Å². The van der Waals surface area contributed by atoms with E-state index >= 15 is 4.39 Å². The van der Waals surface area contributed by atoms with Gasteiger partial charge < -0.3 is 24.3 Å². The number of amides is 1. The first-order valence-corrected chi connectivity index (χ1v) is 9.16. The number of methoxy groups -OCH3 is 1. The third kappa shape index (κ3) is 6.33. The van der Waals surface area contributed by atoms with E-state index in [1.54, 1.807) is 20.8 Å². The van der Waals surface area contributed by atoms with Gasteiger partial charge in [0.1, 0.15) is 17.4 Å². The van der Waals surface area contributed by atoms with Crippen LogP contribution in [0.15, 0.2) is 24.3 Å². The van der Waals surface area contributed by atoms with Crippen LogP contribution in [0.1, 0.15) is 46.2 Å². The molecule has 0 aromatic heterocycles. The minimum atomic E-state index is -3.34. The Bertz CT molecular complexity index is 695. The number of halogens is 1. The number of rotatable bonds is 8. The van der Waals surface area contributed by atoms with E-state index < -0.39 is 35.3 Å². The second-order valence-corrected chi connectivity index (χ2v) is 7.01. The van der Waals surface area contributed by atoms with E-state index in [1.807, 2.05) is 0 Å². The maximum Gasteiger partial charge on any atom is 0.408 e. The van der Waals surface area contributed by atoms with Crippen molar-refractivity contribution in [2.24, 2.45) is 0 Å². The number of hydrogen-bond acceptors (Lipinski definition) is 7. The van der Waals surface area contributed by atoms with E-state index in [2.05, 4.69) is 5.32 Å². The molecule has 0 heterocycles. The number of carbonyl (C=O) groups excluding carboxylic acids is 3. The molecule has 1 rings (SSSR count). The molecule has 0 unspecified atom stereocenters. The Morgan fingerprint density at radius 3 is 1.86 bits per heavy atom. The summed E-state index contributed by atoms with van der Waals surface area (Å²) in [7, 11) is 1.45. The highest BCUT2D eigenvalue weighted by molar-refractivity contribution is 6.05. The maximum absolute atomic E-state index is 16.0. The third-order valence-electron chi connectivity index (χ3n) is 3.65. The molecule has 1 amide bonds. The van der Waals surface area contributed by atoms with Gasteiger partial charge in [0, 0.05) is 0 Å². The minimum absolute atomic E-state index is 0.111. The molecule has 0 radical (unpaired) electrons. The van der Waals surface area contributed by atoms with E-state index in [0.29, 0.717) is 5.75 Å². The van der Waals surface area contributed by atoms with Crippen LogP contribution in [0, 0.1) is 0 Å². The van der Waals surface area contributed by atoms with Gasteiger partial charge in [0.05, 0.1) is 20.3 Å². The van der Waals surface area contributed by atoms with Crippen LogP contribution in [-0.4, -0.2) is 49.6 Å². The zero-order chi connectivity index (χ0) is 22.2. The Balaban J connectivity index is 3.47. The van der Waals surface area contributed by atoms with Crippen molar-refractivity contribution >= 4 is 18.0 Å². The molecule has 1 atom stereocenters. The lowest BCUT2D eigenvalue weighted by molar-refractivity contribution is -0.177. The number of esters is 2. The van der Waals surface area contributed by atoms with Crippen LogP contribution in [0.4, 0.5) is 9.18 Å². The van der Waals surface area contributed by atoms with Crippen molar-refractivity contribution < 1.29 is 37.7 Å². The molecule has 0 saturated heterocycles. The molecule has 0 aliphatic carbocycles. The summed E-state index contributed by atoms with van der Waals surface area (Å²) in [5.41, 5.74) is -4.11. The van der Waals surface area contributed by atoms with Crippen molar-refractivity contribution in [2.45, 2.75) is 51.9 Å². The van der Waals surface area contributed by atoms with Crippen LogP contribution in [0.25, 0.3) is 0 Å². The summed E-state index contributed by atoms with van der Waals surface area (Å²) in [6.45, 7) is 7.44. The van der Waals surface area contributed by atoms with Crippen molar-refractivity contribution in [3.63, 3.8) is 0 Å². The Morgan fingerprint density at radius 2 is 1.48 bits per heavy atom. The summed E-state index contributed by atoms with van der Waals surface area (Å²) >= 11 is 0. The summed E-state index contributed by atoms with van der Waals surface area (Å²) in [5.74, 6) is -2.49. The molecule has 0 fully saturated rings. The first kappa shape index (κ1) is 24.2. The molecule has 9 heteroatoms. The standard InChI is InChI=1S/C20H28FNO7/c1-7-27-16(23)20(21,17(24)28-8-2)15(22-18(25)29-19(3,4)5)13-9-11-14(26-6)12-10-13/h9-12,15H,7-8H2,1-6H3,(H,22,25)/t15-/m1/s1. The van der Waals surface area contributed by atoms with Crippen LogP contribution < -0.4 is 10.1 Å². The summed E-state index contributed by atoms with van der Waals surface area (Å²) in [5, 5.41) is 2.27. The van der Waals surface area contributed by atoms with Crippen LogP contribution in [0.5, 0.6) is 5.75 Å². The lowest BCUT2D eigenvalue weighted by Crippen LogP contribution is -2.55. The van der Waals surface area contributed by atoms with Crippen molar-refractivity contribution in [1.82, 2.24) is 5.32 Å². The van der Waals surface area contributed by atoms with Gasteiger partial charge in [-0.15, -0.1) is 0 Å². The Morgan fingerprint density at radius 1 is 1.00 bits per heavy atom. The average molecular weight is 413 g/mol. The molecular weight excluding hydrogens is 385 g/mol. The third-order valence-corrected chi connectivity index (χ3v) is 3.65. The number of ether oxygens (including phenoxy) is 4. The summed E-state index contributed by atoms with van der Waals surface area (Å²) < 4.78 is 35.8. The fraction of sp³-hybridized carbons (Fsp3) is 0.550. The molecule has 1 N–H and O–H groups in total.